The Balaban J connectivity index is 1.59. The van der Waals surface area contributed by atoms with Crippen LogP contribution in [0.2, 0.25) is 0 Å². The molecule has 1 heterocycles. The van der Waals surface area contributed by atoms with Crippen LogP contribution in [0.5, 0.6) is 5.75 Å². The number of H-pyrrole nitrogens is 1. The van der Waals surface area contributed by atoms with Gasteiger partial charge >= 0.3 is 6.03 Å². The van der Waals surface area contributed by atoms with Crippen LogP contribution in [0.3, 0.4) is 0 Å². The lowest BCUT2D eigenvalue weighted by molar-refractivity contribution is 0.208. The van der Waals surface area contributed by atoms with Crippen LogP contribution in [0.15, 0.2) is 83.7 Å². The average Bonchev–Trinajstić information content (AvgIpc) is 2.82. The van der Waals surface area contributed by atoms with Gasteiger partial charge in [-0.05, 0) is 36.2 Å². The normalized spacial score (nSPS) is 10.7. The Morgan fingerprint density at radius 1 is 1.00 bits per heavy atom. The molecule has 0 radical (unpaired) electrons. The summed E-state index contributed by atoms with van der Waals surface area (Å²) in [6.07, 6.45) is 0.665. The number of hydrogen-bond acceptors (Lipinski definition) is 4. The summed E-state index contributed by atoms with van der Waals surface area (Å²) in [5.41, 5.74) is 2.06. The van der Waals surface area contributed by atoms with E-state index < -0.39 is 0 Å². The molecule has 4 rings (SSSR count). The minimum Gasteiger partial charge on any atom is -0.495 e. The van der Waals surface area contributed by atoms with Crippen molar-refractivity contribution in [3.63, 3.8) is 0 Å². The fraction of sp³-hybridized carbons (Fsp3) is 0.160. The molecule has 0 unspecified atom stereocenters. The molecule has 0 spiro atoms. The van der Waals surface area contributed by atoms with Crippen LogP contribution in [0.25, 0.3) is 10.9 Å². The first kappa shape index (κ1) is 21.1. The van der Waals surface area contributed by atoms with Crippen molar-refractivity contribution < 1.29 is 9.53 Å². The Morgan fingerprint density at radius 3 is 2.53 bits per heavy atom. The monoisotopic (exact) mass is 428 g/mol. The van der Waals surface area contributed by atoms with E-state index in [0.29, 0.717) is 41.1 Å². The molecule has 7 heteroatoms. The maximum absolute atomic E-state index is 13.2. The zero-order chi connectivity index (χ0) is 22.3. The van der Waals surface area contributed by atoms with Gasteiger partial charge in [-0.1, -0.05) is 54.6 Å². The van der Waals surface area contributed by atoms with Crippen LogP contribution in [0.1, 0.15) is 11.4 Å². The number of methoxy groups -OCH3 is 1. The second kappa shape index (κ2) is 9.78. The van der Waals surface area contributed by atoms with Gasteiger partial charge in [-0.25, -0.2) is 9.78 Å². The number of aromatic amines is 1. The predicted octanol–water partition coefficient (Wildman–Crippen LogP) is 4.21. The number of carbonyl (C=O) groups excluding carboxylic acids is 1. The van der Waals surface area contributed by atoms with Gasteiger partial charge in [0.25, 0.3) is 5.56 Å². The van der Waals surface area contributed by atoms with Gasteiger partial charge in [-0.3, -0.25) is 4.79 Å². The molecule has 2 amide bonds. The first-order valence-electron chi connectivity index (χ1n) is 10.3. The van der Waals surface area contributed by atoms with Gasteiger partial charge < -0.3 is 19.9 Å². The van der Waals surface area contributed by atoms with Crippen molar-refractivity contribution >= 4 is 22.6 Å². The molecular weight excluding hydrogens is 404 g/mol. The molecule has 0 bridgehead atoms. The van der Waals surface area contributed by atoms with E-state index in [9.17, 15) is 9.59 Å². The van der Waals surface area contributed by atoms with Crippen molar-refractivity contribution in [2.75, 3.05) is 19.0 Å². The molecule has 2 N–H and O–H groups in total. The quantitative estimate of drug-likeness (QED) is 0.462. The van der Waals surface area contributed by atoms with Crippen LogP contribution in [0, 0.1) is 0 Å². The number of hydrogen-bond donors (Lipinski definition) is 2. The summed E-state index contributed by atoms with van der Waals surface area (Å²) >= 11 is 0. The van der Waals surface area contributed by atoms with Crippen molar-refractivity contribution in [1.29, 1.82) is 0 Å². The van der Waals surface area contributed by atoms with E-state index in [1.165, 1.54) is 0 Å². The van der Waals surface area contributed by atoms with E-state index in [1.54, 1.807) is 42.3 Å². The minimum atomic E-state index is -0.304. The highest BCUT2D eigenvalue weighted by Crippen LogP contribution is 2.23. The molecule has 0 aliphatic rings. The molecule has 7 nitrogen and oxygen atoms in total. The molecule has 3 aromatic carbocycles. The Hall–Kier alpha value is -4.13. The van der Waals surface area contributed by atoms with Crippen molar-refractivity contribution in [2.24, 2.45) is 0 Å². The summed E-state index contributed by atoms with van der Waals surface area (Å²) in [6, 6.07) is 24.0. The third-order valence-corrected chi connectivity index (χ3v) is 5.15. The number of urea groups is 1. The topological polar surface area (TPSA) is 87.3 Å². The zero-order valence-corrected chi connectivity index (χ0v) is 17.7. The number of anilines is 1. The van der Waals surface area contributed by atoms with Crippen LogP contribution >= 0.6 is 0 Å². The summed E-state index contributed by atoms with van der Waals surface area (Å²) in [5, 5.41) is 3.43. The molecule has 0 atom stereocenters. The molecule has 1 aromatic heterocycles. The van der Waals surface area contributed by atoms with E-state index in [-0.39, 0.29) is 18.1 Å². The Labute approximate surface area is 185 Å². The fourth-order valence-corrected chi connectivity index (χ4v) is 3.49. The number of nitrogens with one attached hydrogen (secondary N) is 2. The molecule has 0 saturated heterocycles. The maximum atomic E-state index is 13.2. The van der Waals surface area contributed by atoms with E-state index in [2.05, 4.69) is 15.3 Å². The summed E-state index contributed by atoms with van der Waals surface area (Å²) in [7, 11) is 1.56. The van der Waals surface area contributed by atoms with Crippen molar-refractivity contribution in [2.45, 2.75) is 13.0 Å². The molecule has 0 aliphatic carbocycles. The second-order valence-corrected chi connectivity index (χ2v) is 7.32. The number of amides is 2. The van der Waals surface area contributed by atoms with E-state index in [4.69, 9.17) is 4.74 Å². The van der Waals surface area contributed by atoms with Crippen molar-refractivity contribution in [1.82, 2.24) is 14.9 Å². The van der Waals surface area contributed by atoms with E-state index in [1.807, 2.05) is 48.5 Å². The average molecular weight is 428 g/mol. The molecule has 0 fully saturated rings. The van der Waals surface area contributed by atoms with Gasteiger partial charge in [0.05, 0.1) is 30.2 Å². The summed E-state index contributed by atoms with van der Waals surface area (Å²) in [4.78, 5) is 34.7. The van der Waals surface area contributed by atoms with Crippen molar-refractivity contribution in [3.8, 4) is 5.75 Å². The molecule has 162 valence electrons. The summed E-state index contributed by atoms with van der Waals surface area (Å²) in [5.74, 6) is 0.998. The third kappa shape index (κ3) is 4.95. The third-order valence-electron chi connectivity index (χ3n) is 5.15. The van der Waals surface area contributed by atoms with Gasteiger partial charge in [-0.15, -0.1) is 0 Å². The highest BCUT2D eigenvalue weighted by Gasteiger charge is 2.18. The number of ether oxygens (including phenoxy) is 1. The molecule has 0 saturated carbocycles. The highest BCUT2D eigenvalue weighted by atomic mass is 16.5. The van der Waals surface area contributed by atoms with Crippen LogP contribution in [-0.4, -0.2) is 34.6 Å². The number of aromatic nitrogens is 2. The van der Waals surface area contributed by atoms with E-state index in [0.717, 1.165) is 5.56 Å². The van der Waals surface area contributed by atoms with Crippen LogP contribution < -0.4 is 15.6 Å². The van der Waals surface area contributed by atoms with Gasteiger partial charge in [0.15, 0.2) is 0 Å². The van der Waals surface area contributed by atoms with Crippen LogP contribution in [0.4, 0.5) is 10.5 Å². The van der Waals surface area contributed by atoms with Crippen LogP contribution in [-0.2, 0) is 13.0 Å². The maximum Gasteiger partial charge on any atom is 0.322 e. The van der Waals surface area contributed by atoms with Gasteiger partial charge in [-0.2, -0.15) is 0 Å². The van der Waals surface area contributed by atoms with Gasteiger partial charge in [0.1, 0.15) is 11.6 Å². The van der Waals surface area contributed by atoms with Gasteiger partial charge in [0, 0.05) is 6.54 Å². The molecule has 4 aromatic rings. The number of benzene rings is 3. The number of fused-ring (bicyclic) bond motifs is 1. The Kier molecular flexibility index (Phi) is 6.46. The predicted molar refractivity (Wildman–Crippen MR) is 125 cm³/mol. The summed E-state index contributed by atoms with van der Waals surface area (Å²) in [6.45, 7) is 0.607. The number of carbonyl (C=O) groups is 1. The first-order chi connectivity index (χ1) is 15.6. The minimum absolute atomic E-state index is 0.161. The Bertz CT molecular complexity index is 1270. The number of para-hydroxylation sites is 3. The highest BCUT2D eigenvalue weighted by molar-refractivity contribution is 5.91. The lowest BCUT2D eigenvalue weighted by Gasteiger charge is -2.23. The zero-order valence-electron chi connectivity index (χ0n) is 17.7. The number of nitrogens with zero attached hydrogens (tertiary/aromatic N) is 2. The first-order valence-corrected chi connectivity index (χ1v) is 10.3. The second-order valence-electron chi connectivity index (χ2n) is 7.32. The Morgan fingerprint density at radius 2 is 1.72 bits per heavy atom. The molecular formula is C25H24N4O3. The molecule has 32 heavy (non-hydrogen) atoms. The fourth-order valence-electron chi connectivity index (χ4n) is 3.49. The lowest BCUT2D eigenvalue weighted by Crippen LogP contribution is -2.37. The van der Waals surface area contributed by atoms with Crippen molar-refractivity contribution in [3.05, 3.63) is 101 Å². The SMILES string of the molecule is COc1ccccc1NC(=O)N(CCc1ccccc1)Cc1nc2ccccc2c(=O)[nH]1. The molecule has 0 aliphatic heterocycles. The largest absolute Gasteiger partial charge is 0.495 e. The standard InChI is InChI=1S/C25H24N4O3/c1-32-22-14-8-7-13-21(22)27-25(31)29(16-15-18-9-3-2-4-10-18)17-23-26-20-12-6-5-11-19(20)24(30)28-23/h2-14H,15-17H2,1H3,(H,27,31)(H,26,28,30). The summed E-state index contributed by atoms with van der Waals surface area (Å²) < 4.78 is 5.34. The smallest absolute Gasteiger partial charge is 0.322 e. The van der Waals surface area contributed by atoms with E-state index >= 15 is 0 Å². The lowest BCUT2D eigenvalue weighted by atomic mass is 10.1. The number of rotatable bonds is 7. The van der Waals surface area contributed by atoms with Gasteiger partial charge in [0.2, 0.25) is 0 Å².